The average Bonchev–Trinajstić information content (AvgIpc) is 2.02. The Kier molecular flexibility index (Phi) is 4.39. The van der Waals surface area contributed by atoms with Crippen LogP contribution in [0.2, 0.25) is 0 Å². The topological polar surface area (TPSA) is 21.3 Å². The molecule has 1 rings (SSSR count). The number of rotatable bonds is 4. The third-order valence-corrected chi connectivity index (χ3v) is 2.93. The van der Waals surface area contributed by atoms with E-state index in [0.29, 0.717) is 12.1 Å². The second-order valence-electron chi connectivity index (χ2n) is 4.70. The highest BCUT2D eigenvalue weighted by Crippen LogP contribution is 2.29. The lowest BCUT2D eigenvalue weighted by Crippen LogP contribution is -2.57. The van der Waals surface area contributed by atoms with Gasteiger partial charge in [-0.15, -0.1) is 0 Å². The first kappa shape index (κ1) is 12.0. The Morgan fingerprint density at radius 2 is 1.79 bits per heavy atom. The highest BCUT2D eigenvalue weighted by atomic mass is 16.5. The third-order valence-electron chi connectivity index (χ3n) is 2.93. The van der Waals surface area contributed by atoms with Crippen LogP contribution in [0.25, 0.3) is 0 Å². The Morgan fingerprint density at radius 3 is 2.21 bits per heavy atom. The fourth-order valence-corrected chi connectivity index (χ4v) is 2.67. The molecule has 1 aliphatic heterocycles. The predicted molar refractivity (Wildman–Crippen MR) is 60.3 cm³/mol. The van der Waals surface area contributed by atoms with Gasteiger partial charge in [0.2, 0.25) is 0 Å². The molecule has 2 atom stereocenters. The average molecular weight is 199 g/mol. The van der Waals surface area contributed by atoms with Crippen molar-refractivity contribution in [3.05, 3.63) is 0 Å². The maximum Gasteiger partial charge on any atom is 0.119 e. The number of ether oxygens (including phenoxy) is 1. The summed E-state index contributed by atoms with van der Waals surface area (Å²) in [4.78, 5) is 0. The van der Waals surface area contributed by atoms with Gasteiger partial charge in [-0.3, -0.25) is 5.32 Å². The van der Waals surface area contributed by atoms with E-state index in [1.165, 1.54) is 12.8 Å². The molecule has 2 heteroatoms. The molecule has 0 spiro atoms. The van der Waals surface area contributed by atoms with E-state index in [0.717, 1.165) is 19.3 Å². The molecule has 0 amide bonds. The first-order valence-electron chi connectivity index (χ1n) is 6.07. The molecule has 0 aliphatic carbocycles. The van der Waals surface area contributed by atoms with Gasteiger partial charge in [0.05, 0.1) is 6.10 Å². The fourth-order valence-electron chi connectivity index (χ4n) is 2.67. The maximum absolute atomic E-state index is 6.11. The standard InChI is InChI=1S/C12H25NO/c1-5-7-12(8-6-2)13-10(3)9-11(4)14-12/h10-11,13H,5-9H2,1-4H3. The molecule has 0 aromatic rings. The molecule has 2 unspecified atom stereocenters. The van der Waals surface area contributed by atoms with E-state index in [9.17, 15) is 0 Å². The second kappa shape index (κ2) is 5.13. The van der Waals surface area contributed by atoms with Crippen molar-refractivity contribution in [2.75, 3.05) is 0 Å². The van der Waals surface area contributed by atoms with Crippen LogP contribution in [0.1, 0.15) is 59.8 Å². The summed E-state index contributed by atoms with van der Waals surface area (Å²) in [5.41, 5.74) is -0.0272. The molecule has 0 bridgehead atoms. The van der Waals surface area contributed by atoms with Crippen LogP contribution in [0.3, 0.4) is 0 Å². The lowest BCUT2D eigenvalue weighted by Gasteiger charge is -2.44. The van der Waals surface area contributed by atoms with E-state index in [4.69, 9.17) is 4.74 Å². The van der Waals surface area contributed by atoms with Gasteiger partial charge in [-0.1, -0.05) is 26.7 Å². The van der Waals surface area contributed by atoms with Crippen LogP contribution in [0.5, 0.6) is 0 Å². The lowest BCUT2D eigenvalue weighted by atomic mass is 9.96. The Hall–Kier alpha value is -0.0800. The van der Waals surface area contributed by atoms with Crippen molar-refractivity contribution >= 4 is 0 Å². The summed E-state index contributed by atoms with van der Waals surface area (Å²) in [6.45, 7) is 8.91. The van der Waals surface area contributed by atoms with E-state index in [1.807, 2.05) is 0 Å². The van der Waals surface area contributed by atoms with E-state index < -0.39 is 0 Å². The normalized spacial score (nSPS) is 31.7. The van der Waals surface area contributed by atoms with Gasteiger partial charge < -0.3 is 4.74 Å². The van der Waals surface area contributed by atoms with Gasteiger partial charge in [-0.2, -0.15) is 0 Å². The van der Waals surface area contributed by atoms with Gasteiger partial charge in [0.1, 0.15) is 5.72 Å². The molecular formula is C12H25NO. The van der Waals surface area contributed by atoms with Crippen molar-refractivity contribution in [3.8, 4) is 0 Å². The van der Waals surface area contributed by atoms with Crippen LogP contribution in [-0.2, 0) is 4.74 Å². The van der Waals surface area contributed by atoms with Crippen LogP contribution in [0.15, 0.2) is 0 Å². The van der Waals surface area contributed by atoms with Gasteiger partial charge in [0.25, 0.3) is 0 Å². The summed E-state index contributed by atoms with van der Waals surface area (Å²) in [6.07, 6.45) is 6.18. The highest BCUT2D eigenvalue weighted by molar-refractivity contribution is 4.86. The summed E-state index contributed by atoms with van der Waals surface area (Å²) in [6, 6.07) is 0.594. The zero-order chi connectivity index (χ0) is 10.6. The SMILES string of the molecule is CCCC1(CCC)NC(C)CC(C)O1. The van der Waals surface area contributed by atoms with Crippen LogP contribution >= 0.6 is 0 Å². The minimum atomic E-state index is -0.0272. The molecule has 84 valence electrons. The Bertz CT molecular complexity index is 152. The molecule has 1 heterocycles. The Balaban J connectivity index is 2.63. The molecule has 1 aliphatic rings. The molecule has 1 saturated heterocycles. The minimum Gasteiger partial charge on any atom is -0.358 e. The molecule has 1 fully saturated rings. The monoisotopic (exact) mass is 199 g/mol. The van der Waals surface area contributed by atoms with E-state index in [-0.39, 0.29) is 5.72 Å². The number of nitrogens with one attached hydrogen (secondary N) is 1. The molecule has 1 N–H and O–H groups in total. The molecule has 0 aromatic heterocycles. The van der Waals surface area contributed by atoms with Crippen molar-refractivity contribution in [2.24, 2.45) is 0 Å². The van der Waals surface area contributed by atoms with Crippen molar-refractivity contribution in [1.82, 2.24) is 5.32 Å². The van der Waals surface area contributed by atoms with Gasteiger partial charge in [0, 0.05) is 6.04 Å². The van der Waals surface area contributed by atoms with Crippen LogP contribution in [-0.4, -0.2) is 17.9 Å². The van der Waals surface area contributed by atoms with Crippen molar-refractivity contribution in [1.29, 1.82) is 0 Å². The third kappa shape index (κ3) is 2.96. The van der Waals surface area contributed by atoms with Gasteiger partial charge in [-0.05, 0) is 33.1 Å². The van der Waals surface area contributed by atoms with Gasteiger partial charge in [0.15, 0.2) is 0 Å². The van der Waals surface area contributed by atoms with Crippen molar-refractivity contribution in [2.45, 2.75) is 77.7 Å². The smallest absolute Gasteiger partial charge is 0.119 e. The predicted octanol–water partition coefficient (Wildman–Crippen LogP) is 3.07. The summed E-state index contributed by atoms with van der Waals surface area (Å²) in [5.74, 6) is 0. The van der Waals surface area contributed by atoms with Crippen LogP contribution < -0.4 is 5.32 Å². The van der Waals surface area contributed by atoms with Crippen molar-refractivity contribution < 1.29 is 4.74 Å². The van der Waals surface area contributed by atoms with E-state index in [1.54, 1.807) is 0 Å². The lowest BCUT2D eigenvalue weighted by molar-refractivity contribution is -0.156. The summed E-state index contributed by atoms with van der Waals surface area (Å²) in [7, 11) is 0. The quantitative estimate of drug-likeness (QED) is 0.751. The van der Waals surface area contributed by atoms with Crippen molar-refractivity contribution in [3.63, 3.8) is 0 Å². The fraction of sp³-hybridized carbons (Fsp3) is 1.00. The molecule has 14 heavy (non-hydrogen) atoms. The molecule has 2 nitrogen and oxygen atoms in total. The molecule has 0 aromatic carbocycles. The summed E-state index contributed by atoms with van der Waals surface area (Å²) in [5, 5.41) is 3.64. The summed E-state index contributed by atoms with van der Waals surface area (Å²) >= 11 is 0. The first-order chi connectivity index (χ1) is 6.62. The van der Waals surface area contributed by atoms with E-state index >= 15 is 0 Å². The number of hydrogen-bond donors (Lipinski definition) is 1. The highest BCUT2D eigenvalue weighted by Gasteiger charge is 2.36. The molecule has 0 radical (unpaired) electrons. The second-order valence-corrected chi connectivity index (χ2v) is 4.70. The molecular weight excluding hydrogens is 174 g/mol. The molecule has 0 saturated carbocycles. The Labute approximate surface area is 88.4 Å². The minimum absolute atomic E-state index is 0.0272. The number of hydrogen-bond acceptors (Lipinski definition) is 2. The Morgan fingerprint density at radius 1 is 1.21 bits per heavy atom. The van der Waals surface area contributed by atoms with E-state index in [2.05, 4.69) is 33.0 Å². The van der Waals surface area contributed by atoms with Gasteiger partial charge in [-0.25, -0.2) is 0 Å². The zero-order valence-electron chi connectivity index (χ0n) is 10.1. The zero-order valence-corrected chi connectivity index (χ0v) is 10.1. The largest absolute Gasteiger partial charge is 0.358 e. The summed E-state index contributed by atoms with van der Waals surface area (Å²) < 4.78 is 6.11. The van der Waals surface area contributed by atoms with Gasteiger partial charge >= 0.3 is 0 Å². The van der Waals surface area contributed by atoms with Crippen LogP contribution in [0, 0.1) is 0 Å². The maximum atomic E-state index is 6.11. The first-order valence-corrected chi connectivity index (χ1v) is 6.07. The van der Waals surface area contributed by atoms with Crippen LogP contribution in [0.4, 0.5) is 0 Å².